The molecular formula is C31H28O2Si. The summed E-state index contributed by atoms with van der Waals surface area (Å²) >= 11 is 0. The smallest absolute Gasteiger partial charge is 0.289 e. The quantitative estimate of drug-likeness (QED) is 0.282. The molecule has 168 valence electrons. The van der Waals surface area contributed by atoms with Gasteiger partial charge in [0.15, 0.2) is 0 Å². The van der Waals surface area contributed by atoms with Gasteiger partial charge in [-0.3, -0.25) is 4.79 Å². The van der Waals surface area contributed by atoms with E-state index in [1.807, 2.05) is 48.5 Å². The summed E-state index contributed by atoms with van der Waals surface area (Å²) in [6.45, 7) is 4.05. The van der Waals surface area contributed by atoms with Crippen LogP contribution in [0.5, 0.6) is 0 Å². The number of carbonyl (C=O) groups is 1. The number of rotatable bonds is 8. The van der Waals surface area contributed by atoms with Crippen molar-refractivity contribution in [2.75, 3.05) is 0 Å². The van der Waals surface area contributed by atoms with E-state index in [1.54, 1.807) is 0 Å². The first kappa shape index (κ1) is 22.3. The van der Waals surface area contributed by atoms with Crippen molar-refractivity contribution in [3.63, 3.8) is 0 Å². The van der Waals surface area contributed by atoms with Crippen LogP contribution in [0, 0.1) is 0 Å². The fourth-order valence-electron chi connectivity index (χ4n) is 5.32. The van der Waals surface area contributed by atoms with Crippen molar-refractivity contribution in [1.82, 2.24) is 0 Å². The molecule has 0 saturated carbocycles. The molecule has 1 unspecified atom stereocenters. The molecule has 0 aromatic heterocycles. The third-order valence-corrected chi connectivity index (χ3v) is 10.9. The lowest BCUT2D eigenvalue weighted by Gasteiger charge is -2.35. The number of ketones is 1. The van der Waals surface area contributed by atoms with Gasteiger partial charge in [-0.15, -0.1) is 6.58 Å². The normalized spacial score (nSPS) is 18.2. The summed E-state index contributed by atoms with van der Waals surface area (Å²) in [4.78, 5) is 13.4. The minimum absolute atomic E-state index is 0.175. The van der Waals surface area contributed by atoms with Crippen LogP contribution in [0.1, 0.15) is 24.0 Å². The zero-order valence-corrected chi connectivity index (χ0v) is 20.2. The Hall–Kier alpha value is -3.53. The Morgan fingerprint density at radius 1 is 0.765 bits per heavy atom. The standard InChI is InChI=1S/C31H28O2Si/c1-2-22-31(24-26(32)23-25-14-6-3-7-15-25)29-20-12-13-21-30(29)34(33-31,27-16-8-4-9-17-27)28-18-10-5-11-19-28/h2-21H,1,22-24H2. The van der Waals surface area contributed by atoms with E-state index in [2.05, 4.69) is 79.4 Å². The van der Waals surface area contributed by atoms with Gasteiger partial charge in [0.2, 0.25) is 0 Å². The molecule has 2 nitrogen and oxygen atoms in total. The number of hydrogen-bond acceptors (Lipinski definition) is 2. The molecule has 0 saturated heterocycles. The first-order valence-electron chi connectivity index (χ1n) is 11.8. The second-order valence-corrected chi connectivity index (χ2v) is 12.2. The molecule has 4 aromatic rings. The minimum atomic E-state index is -2.84. The summed E-state index contributed by atoms with van der Waals surface area (Å²) in [6, 6.07) is 39.5. The molecule has 0 N–H and O–H groups in total. The van der Waals surface area contributed by atoms with Crippen molar-refractivity contribution in [2.24, 2.45) is 0 Å². The van der Waals surface area contributed by atoms with Crippen molar-refractivity contribution >= 4 is 29.7 Å². The molecule has 1 atom stereocenters. The number of carbonyl (C=O) groups excluding carboxylic acids is 1. The van der Waals surface area contributed by atoms with Crippen LogP contribution in [0.2, 0.25) is 0 Å². The molecule has 0 spiro atoms. The number of benzene rings is 4. The minimum Gasteiger partial charge on any atom is -0.393 e. The highest BCUT2D eigenvalue weighted by Gasteiger charge is 2.57. The van der Waals surface area contributed by atoms with Crippen molar-refractivity contribution in [1.29, 1.82) is 0 Å². The van der Waals surface area contributed by atoms with Gasteiger partial charge in [-0.2, -0.15) is 0 Å². The van der Waals surface area contributed by atoms with E-state index in [0.29, 0.717) is 19.3 Å². The Kier molecular flexibility index (Phi) is 6.14. The van der Waals surface area contributed by atoms with Crippen LogP contribution in [-0.4, -0.2) is 14.1 Å². The SMILES string of the molecule is C=CCC1(CC(=O)Cc2ccccc2)O[Si](c2ccccc2)(c2ccccc2)c2ccccc21. The molecule has 1 aliphatic heterocycles. The summed E-state index contributed by atoms with van der Waals surface area (Å²) in [5.74, 6) is 0.175. The third kappa shape index (κ3) is 3.87. The number of Topliss-reactive ketones (excluding diaryl/α,β-unsaturated/α-hetero) is 1. The van der Waals surface area contributed by atoms with E-state index in [-0.39, 0.29) is 5.78 Å². The molecule has 34 heavy (non-hydrogen) atoms. The van der Waals surface area contributed by atoms with Gasteiger partial charge in [0.1, 0.15) is 5.78 Å². The molecule has 0 aliphatic carbocycles. The van der Waals surface area contributed by atoms with E-state index in [9.17, 15) is 4.79 Å². The third-order valence-electron chi connectivity index (χ3n) is 6.71. The summed E-state index contributed by atoms with van der Waals surface area (Å²) < 4.78 is 7.37. The van der Waals surface area contributed by atoms with Crippen LogP contribution < -0.4 is 15.6 Å². The van der Waals surface area contributed by atoms with Gasteiger partial charge in [0.25, 0.3) is 8.32 Å². The Morgan fingerprint density at radius 3 is 1.88 bits per heavy atom. The van der Waals surface area contributed by atoms with E-state index in [0.717, 1.165) is 11.1 Å². The Balaban J connectivity index is 1.66. The summed E-state index contributed by atoms with van der Waals surface area (Å²) in [6.07, 6.45) is 3.20. The Bertz CT molecular complexity index is 1250. The molecule has 1 heterocycles. The van der Waals surface area contributed by atoms with Crippen LogP contribution >= 0.6 is 0 Å². The zero-order chi connectivity index (χ0) is 23.4. The summed E-state index contributed by atoms with van der Waals surface area (Å²) in [5, 5.41) is 3.60. The fraction of sp³-hybridized carbons (Fsp3) is 0.129. The van der Waals surface area contributed by atoms with E-state index < -0.39 is 13.9 Å². The van der Waals surface area contributed by atoms with Crippen molar-refractivity contribution in [2.45, 2.75) is 24.9 Å². The van der Waals surface area contributed by atoms with Crippen molar-refractivity contribution < 1.29 is 9.22 Å². The largest absolute Gasteiger partial charge is 0.393 e. The molecule has 4 aromatic carbocycles. The Morgan fingerprint density at radius 2 is 1.29 bits per heavy atom. The van der Waals surface area contributed by atoms with Gasteiger partial charge in [-0.05, 0) is 33.1 Å². The molecule has 0 bridgehead atoms. The molecule has 0 amide bonds. The van der Waals surface area contributed by atoms with E-state index in [1.165, 1.54) is 15.6 Å². The average Bonchev–Trinajstić information content (AvgIpc) is 3.17. The molecular weight excluding hydrogens is 432 g/mol. The van der Waals surface area contributed by atoms with Gasteiger partial charge in [0.05, 0.1) is 5.60 Å². The predicted molar refractivity (Wildman–Crippen MR) is 141 cm³/mol. The fourth-order valence-corrected chi connectivity index (χ4v) is 9.82. The molecule has 0 fully saturated rings. The highest BCUT2D eigenvalue weighted by Crippen LogP contribution is 2.42. The zero-order valence-electron chi connectivity index (χ0n) is 19.2. The van der Waals surface area contributed by atoms with Crippen molar-refractivity contribution in [3.8, 4) is 0 Å². The van der Waals surface area contributed by atoms with Crippen LogP contribution in [0.4, 0.5) is 0 Å². The maximum atomic E-state index is 13.4. The van der Waals surface area contributed by atoms with Gasteiger partial charge < -0.3 is 4.43 Å². The lowest BCUT2D eigenvalue weighted by molar-refractivity contribution is -0.122. The van der Waals surface area contributed by atoms with Gasteiger partial charge in [0, 0.05) is 12.8 Å². The summed E-state index contributed by atoms with van der Waals surface area (Å²) in [5.41, 5.74) is 1.42. The first-order valence-corrected chi connectivity index (χ1v) is 13.7. The van der Waals surface area contributed by atoms with Gasteiger partial charge in [-0.25, -0.2) is 0 Å². The predicted octanol–water partition coefficient (Wildman–Crippen LogP) is 4.66. The number of fused-ring (bicyclic) bond motifs is 1. The second-order valence-electron chi connectivity index (χ2n) is 8.93. The molecule has 1 aliphatic rings. The molecule has 5 rings (SSSR count). The van der Waals surface area contributed by atoms with E-state index in [4.69, 9.17) is 4.43 Å². The van der Waals surface area contributed by atoms with Crippen LogP contribution in [0.15, 0.2) is 128 Å². The monoisotopic (exact) mass is 460 g/mol. The van der Waals surface area contributed by atoms with Gasteiger partial charge in [-0.1, -0.05) is 121 Å². The number of hydrogen-bond donors (Lipinski definition) is 0. The second kappa shape index (κ2) is 9.38. The van der Waals surface area contributed by atoms with E-state index >= 15 is 0 Å². The Labute approximate surface area is 202 Å². The highest BCUT2D eigenvalue weighted by molar-refractivity contribution is 7.08. The van der Waals surface area contributed by atoms with Crippen LogP contribution in [0.25, 0.3) is 0 Å². The lowest BCUT2D eigenvalue weighted by atomic mass is 9.84. The highest BCUT2D eigenvalue weighted by atomic mass is 28.4. The summed E-state index contributed by atoms with van der Waals surface area (Å²) in [7, 11) is -2.84. The van der Waals surface area contributed by atoms with Crippen molar-refractivity contribution in [3.05, 3.63) is 139 Å². The maximum Gasteiger partial charge on any atom is 0.289 e. The van der Waals surface area contributed by atoms with Gasteiger partial charge >= 0.3 is 0 Å². The van der Waals surface area contributed by atoms with Crippen LogP contribution in [0.3, 0.4) is 0 Å². The van der Waals surface area contributed by atoms with Crippen LogP contribution in [-0.2, 0) is 21.2 Å². The maximum absolute atomic E-state index is 13.4. The first-order chi connectivity index (χ1) is 16.7. The topological polar surface area (TPSA) is 26.3 Å². The average molecular weight is 461 g/mol. The molecule has 3 heteroatoms. The lowest BCUT2D eigenvalue weighted by Crippen LogP contribution is -2.67. The molecule has 0 radical (unpaired) electrons.